The van der Waals surface area contributed by atoms with E-state index in [-0.39, 0.29) is 12.0 Å². The Morgan fingerprint density at radius 2 is 2.33 bits per heavy atom. The molecule has 1 aromatic heterocycles. The second kappa shape index (κ2) is 5.58. The topological polar surface area (TPSA) is 45.1 Å². The van der Waals surface area contributed by atoms with Gasteiger partial charge >= 0.3 is 0 Å². The minimum absolute atomic E-state index is 0.000265. The highest BCUT2D eigenvalue weighted by molar-refractivity contribution is 7.11. The third kappa shape index (κ3) is 3.89. The van der Waals surface area contributed by atoms with Crippen LogP contribution in [0.1, 0.15) is 30.2 Å². The summed E-state index contributed by atoms with van der Waals surface area (Å²) in [5, 5.41) is 13.7. The van der Waals surface area contributed by atoms with Gasteiger partial charge in [0.2, 0.25) is 0 Å². The summed E-state index contributed by atoms with van der Waals surface area (Å²) in [5.41, 5.74) is -0.000265. The molecule has 2 N–H and O–H groups in total. The molecule has 0 bridgehead atoms. The number of nitrogens with zero attached hydrogens (tertiary/aromatic N) is 1. The van der Waals surface area contributed by atoms with Crippen molar-refractivity contribution in [1.29, 1.82) is 0 Å². The lowest BCUT2D eigenvalue weighted by Gasteiger charge is -2.25. The molecule has 0 saturated carbocycles. The van der Waals surface area contributed by atoms with Gasteiger partial charge in [0.25, 0.3) is 0 Å². The van der Waals surface area contributed by atoms with E-state index >= 15 is 0 Å². The molecule has 0 amide bonds. The first-order valence-corrected chi connectivity index (χ1v) is 6.14. The molecule has 0 aliphatic heterocycles. The normalized spacial score (nSPS) is 15.2. The van der Waals surface area contributed by atoms with Crippen LogP contribution >= 0.6 is 11.3 Å². The quantitative estimate of drug-likeness (QED) is 0.782. The van der Waals surface area contributed by atoms with Gasteiger partial charge in [-0.2, -0.15) is 0 Å². The molecule has 1 unspecified atom stereocenters. The van der Waals surface area contributed by atoms with Crippen molar-refractivity contribution in [2.75, 3.05) is 13.2 Å². The molecule has 0 fully saturated rings. The summed E-state index contributed by atoms with van der Waals surface area (Å²) in [4.78, 5) is 5.45. The Hall–Kier alpha value is -0.450. The van der Waals surface area contributed by atoms with Crippen molar-refractivity contribution >= 4 is 11.3 Å². The zero-order valence-corrected chi connectivity index (χ0v) is 10.5. The standard InChI is InChI=1S/C11H20N2OS/c1-4-11(3,8-14)7-12-5-10-6-13-9(2)15-10/h6,12,14H,4-5,7-8H2,1-3H3. The van der Waals surface area contributed by atoms with Crippen molar-refractivity contribution in [3.63, 3.8) is 0 Å². The highest BCUT2D eigenvalue weighted by atomic mass is 32.1. The van der Waals surface area contributed by atoms with E-state index in [9.17, 15) is 5.11 Å². The zero-order chi connectivity index (χ0) is 11.3. The molecule has 4 heteroatoms. The fourth-order valence-corrected chi connectivity index (χ4v) is 2.03. The number of aryl methyl sites for hydroxylation is 1. The van der Waals surface area contributed by atoms with Crippen LogP contribution in [0.25, 0.3) is 0 Å². The summed E-state index contributed by atoms with van der Waals surface area (Å²) in [7, 11) is 0. The maximum Gasteiger partial charge on any atom is 0.0897 e. The molecule has 0 spiro atoms. The summed E-state index contributed by atoms with van der Waals surface area (Å²) in [6.45, 7) is 8.14. The summed E-state index contributed by atoms with van der Waals surface area (Å²) >= 11 is 1.72. The molecule has 15 heavy (non-hydrogen) atoms. The lowest BCUT2D eigenvalue weighted by atomic mass is 9.89. The van der Waals surface area contributed by atoms with E-state index in [0.717, 1.165) is 24.5 Å². The fraction of sp³-hybridized carbons (Fsp3) is 0.727. The summed E-state index contributed by atoms with van der Waals surface area (Å²) in [5.74, 6) is 0. The van der Waals surface area contributed by atoms with Gasteiger partial charge in [0.1, 0.15) is 0 Å². The Bertz CT molecular complexity index is 295. The van der Waals surface area contributed by atoms with Crippen LogP contribution in [-0.2, 0) is 6.54 Å². The zero-order valence-electron chi connectivity index (χ0n) is 9.71. The van der Waals surface area contributed by atoms with Crippen LogP contribution in [0.4, 0.5) is 0 Å². The summed E-state index contributed by atoms with van der Waals surface area (Å²) in [6.07, 6.45) is 2.90. The van der Waals surface area contributed by atoms with Gasteiger partial charge in [0, 0.05) is 36.2 Å². The van der Waals surface area contributed by atoms with Gasteiger partial charge in [0.05, 0.1) is 5.01 Å². The predicted molar refractivity (Wildman–Crippen MR) is 64.0 cm³/mol. The average molecular weight is 228 g/mol. The van der Waals surface area contributed by atoms with E-state index in [1.165, 1.54) is 4.88 Å². The van der Waals surface area contributed by atoms with E-state index in [0.29, 0.717) is 0 Å². The average Bonchev–Trinajstić information content (AvgIpc) is 2.64. The Morgan fingerprint density at radius 3 is 2.80 bits per heavy atom. The molecule has 1 rings (SSSR count). The number of hydrogen-bond donors (Lipinski definition) is 2. The second-order valence-corrected chi connectivity index (χ2v) is 5.59. The third-order valence-corrected chi connectivity index (χ3v) is 3.67. The number of aliphatic hydroxyl groups excluding tert-OH is 1. The number of nitrogens with one attached hydrogen (secondary N) is 1. The first kappa shape index (κ1) is 12.6. The number of rotatable bonds is 6. The minimum atomic E-state index is -0.000265. The van der Waals surface area contributed by atoms with Crippen molar-refractivity contribution in [2.24, 2.45) is 5.41 Å². The molecule has 3 nitrogen and oxygen atoms in total. The predicted octanol–water partition coefficient (Wildman–Crippen LogP) is 1.95. The molecule has 0 aliphatic carbocycles. The van der Waals surface area contributed by atoms with Crippen molar-refractivity contribution in [2.45, 2.75) is 33.7 Å². The van der Waals surface area contributed by atoms with Gasteiger partial charge in [-0.3, -0.25) is 0 Å². The number of hydrogen-bond acceptors (Lipinski definition) is 4. The van der Waals surface area contributed by atoms with Crippen LogP contribution in [-0.4, -0.2) is 23.2 Å². The maximum absolute atomic E-state index is 9.24. The smallest absolute Gasteiger partial charge is 0.0897 e. The van der Waals surface area contributed by atoms with Crippen molar-refractivity contribution in [1.82, 2.24) is 10.3 Å². The molecule has 1 atom stereocenters. The van der Waals surface area contributed by atoms with Gasteiger partial charge in [-0.1, -0.05) is 13.8 Å². The monoisotopic (exact) mass is 228 g/mol. The molecule has 0 aliphatic rings. The van der Waals surface area contributed by atoms with E-state index in [1.54, 1.807) is 11.3 Å². The van der Waals surface area contributed by atoms with Gasteiger partial charge in [-0.05, 0) is 13.3 Å². The lowest BCUT2D eigenvalue weighted by molar-refractivity contribution is 0.135. The largest absolute Gasteiger partial charge is 0.396 e. The molecular formula is C11H20N2OS. The number of thiazole rings is 1. The van der Waals surface area contributed by atoms with Crippen LogP contribution in [0.3, 0.4) is 0 Å². The molecule has 1 aromatic rings. The van der Waals surface area contributed by atoms with Crippen LogP contribution in [0, 0.1) is 12.3 Å². The second-order valence-electron chi connectivity index (χ2n) is 4.27. The maximum atomic E-state index is 9.24. The first-order chi connectivity index (χ1) is 7.09. The minimum Gasteiger partial charge on any atom is -0.396 e. The van der Waals surface area contributed by atoms with Crippen molar-refractivity contribution < 1.29 is 5.11 Å². The fourth-order valence-electron chi connectivity index (χ4n) is 1.27. The lowest BCUT2D eigenvalue weighted by Crippen LogP contribution is -2.33. The van der Waals surface area contributed by atoms with Gasteiger partial charge in [-0.25, -0.2) is 4.98 Å². The van der Waals surface area contributed by atoms with E-state index in [2.05, 4.69) is 24.1 Å². The van der Waals surface area contributed by atoms with E-state index < -0.39 is 0 Å². The molecule has 0 aromatic carbocycles. The molecule has 86 valence electrons. The Labute approximate surface area is 95.6 Å². The van der Waals surface area contributed by atoms with E-state index in [4.69, 9.17) is 0 Å². The molecular weight excluding hydrogens is 208 g/mol. The summed E-state index contributed by atoms with van der Waals surface area (Å²) < 4.78 is 0. The Kier molecular flexibility index (Phi) is 4.70. The van der Waals surface area contributed by atoms with Crippen LogP contribution in [0.2, 0.25) is 0 Å². The van der Waals surface area contributed by atoms with Crippen molar-refractivity contribution in [3.8, 4) is 0 Å². The highest BCUT2D eigenvalue weighted by Gasteiger charge is 2.20. The Balaban J connectivity index is 2.32. The highest BCUT2D eigenvalue weighted by Crippen LogP contribution is 2.19. The van der Waals surface area contributed by atoms with Crippen LogP contribution < -0.4 is 5.32 Å². The molecule has 0 saturated heterocycles. The SMILES string of the molecule is CCC(C)(CO)CNCc1cnc(C)s1. The van der Waals surface area contributed by atoms with Crippen LogP contribution in [0.15, 0.2) is 6.20 Å². The number of aromatic nitrogens is 1. The Morgan fingerprint density at radius 1 is 1.60 bits per heavy atom. The molecule has 0 radical (unpaired) electrons. The van der Waals surface area contributed by atoms with E-state index in [1.807, 2.05) is 13.1 Å². The van der Waals surface area contributed by atoms with Crippen LogP contribution in [0.5, 0.6) is 0 Å². The molecule has 1 heterocycles. The van der Waals surface area contributed by atoms with Gasteiger partial charge in [-0.15, -0.1) is 11.3 Å². The van der Waals surface area contributed by atoms with Gasteiger partial charge in [0.15, 0.2) is 0 Å². The van der Waals surface area contributed by atoms with Gasteiger partial charge < -0.3 is 10.4 Å². The third-order valence-electron chi connectivity index (χ3n) is 2.76. The number of aliphatic hydroxyl groups is 1. The van der Waals surface area contributed by atoms with Crippen molar-refractivity contribution in [3.05, 3.63) is 16.1 Å². The summed E-state index contributed by atoms with van der Waals surface area (Å²) in [6, 6.07) is 0. The first-order valence-electron chi connectivity index (χ1n) is 5.32.